The van der Waals surface area contributed by atoms with Gasteiger partial charge < -0.3 is 9.88 Å². The largest absolute Gasteiger partial charge is 0.325 e. The molecule has 2 aromatic carbocycles. The molecule has 0 atom stereocenters. The zero-order chi connectivity index (χ0) is 21.5. The summed E-state index contributed by atoms with van der Waals surface area (Å²) >= 11 is 9.01. The lowest BCUT2D eigenvalue weighted by molar-refractivity contribution is -0.113. The van der Waals surface area contributed by atoms with Crippen LogP contribution < -0.4 is 5.32 Å². The van der Waals surface area contributed by atoms with E-state index in [4.69, 9.17) is 11.6 Å². The van der Waals surface area contributed by atoms with Crippen LogP contribution in [0.25, 0.3) is 0 Å². The Balaban J connectivity index is 1.44. The third-order valence-corrected chi connectivity index (χ3v) is 6.73. The Hall–Kier alpha value is -2.61. The monoisotopic (exact) mass is 468 g/mol. The Kier molecular flexibility index (Phi) is 7.40. The van der Waals surface area contributed by atoms with Gasteiger partial charge in [0.2, 0.25) is 5.91 Å². The summed E-state index contributed by atoms with van der Waals surface area (Å²) in [6.45, 7) is 0.763. The minimum absolute atomic E-state index is 0.0928. The summed E-state index contributed by atoms with van der Waals surface area (Å²) in [6.07, 6.45) is 1.61. The molecule has 5 nitrogen and oxygen atoms in total. The molecular weight excluding hydrogens is 448 g/mol. The second kappa shape index (κ2) is 10.6. The third kappa shape index (κ3) is 6.19. The van der Waals surface area contributed by atoms with Gasteiger partial charge in [0.25, 0.3) is 0 Å². The molecule has 0 fully saturated rings. The summed E-state index contributed by atoms with van der Waals surface area (Å²) in [7, 11) is 0. The zero-order valence-corrected chi connectivity index (χ0v) is 19.1. The molecule has 0 aliphatic heterocycles. The number of carbonyl (C=O) groups is 1. The van der Waals surface area contributed by atoms with Crippen LogP contribution in [-0.2, 0) is 24.2 Å². The van der Waals surface area contributed by atoms with E-state index in [0.29, 0.717) is 5.02 Å². The van der Waals surface area contributed by atoms with Gasteiger partial charge >= 0.3 is 0 Å². The van der Waals surface area contributed by atoms with Crippen molar-refractivity contribution in [2.45, 2.75) is 24.5 Å². The van der Waals surface area contributed by atoms with Crippen molar-refractivity contribution in [2.24, 2.45) is 0 Å². The number of hydrogen-bond acceptors (Lipinski definition) is 5. The predicted octanol–water partition coefficient (Wildman–Crippen LogP) is 5.56. The van der Waals surface area contributed by atoms with Crippen molar-refractivity contribution in [3.8, 4) is 0 Å². The van der Waals surface area contributed by atoms with E-state index in [1.54, 1.807) is 35.6 Å². The van der Waals surface area contributed by atoms with Gasteiger partial charge in [-0.3, -0.25) is 4.79 Å². The van der Waals surface area contributed by atoms with Gasteiger partial charge in [-0.2, -0.15) is 0 Å². The molecule has 0 bridgehead atoms. The molecule has 4 aromatic rings. The number of hydrogen-bond donors (Lipinski definition) is 1. The number of thioether (sulfide) groups is 1. The number of halogens is 1. The van der Waals surface area contributed by atoms with E-state index in [2.05, 4.69) is 43.7 Å². The summed E-state index contributed by atoms with van der Waals surface area (Å²) in [5.41, 5.74) is 1.98. The van der Waals surface area contributed by atoms with Gasteiger partial charge in [0.15, 0.2) is 5.16 Å². The Morgan fingerprint density at radius 2 is 1.84 bits per heavy atom. The van der Waals surface area contributed by atoms with Crippen molar-refractivity contribution in [3.63, 3.8) is 0 Å². The molecule has 31 heavy (non-hydrogen) atoms. The molecule has 0 aliphatic rings. The van der Waals surface area contributed by atoms with Crippen LogP contribution in [0.2, 0.25) is 5.02 Å². The highest BCUT2D eigenvalue weighted by Gasteiger charge is 2.15. The van der Waals surface area contributed by atoms with E-state index < -0.39 is 0 Å². The van der Waals surface area contributed by atoms with Gasteiger partial charge in [-0.1, -0.05) is 59.8 Å². The van der Waals surface area contributed by atoms with Crippen molar-refractivity contribution < 1.29 is 4.79 Å². The number of anilines is 1. The quantitative estimate of drug-likeness (QED) is 0.327. The number of thiophene rings is 1. The van der Waals surface area contributed by atoms with Crippen molar-refractivity contribution in [1.29, 1.82) is 0 Å². The molecule has 0 saturated heterocycles. The summed E-state index contributed by atoms with van der Waals surface area (Å²) in [5.74, 6) is 1.08. The maximum absolute atomic E-state index is 12.4. The topological polar surface area (TPSA) is 59.8 Å². The molecule has 0 saturated carbocycles. The molecule has 8 heteroatoms. The highest BCUT2D eigenvalue weighted by atomic mass is 35.5. The molecule has 1 amide bonds. The van der Waals surface area contributed by atoms with Crippen LogP contribution in [0.4, 0.5) is 5.69 Å². The first kappa shape index (κ1) is 21.6. The fourth-order valence-corrected chi connectivity index (χ4v) is 4.71. The first-order chi connectivity index (χ1) is 15.2. The Morgan fingerprint density at radius 1 is 1.03 bits per heavy atom. The van der Waals surface area contributed by atoms with Gasteiger partial charge in [-0.05, 0) is 47.7 Å². The highest BCUT2D eigenvalue weighted by molar-refractivity contribution is 7.99. The Morgan fingerprint density at radius 3 is 2.58 bits per heavy atom. The maximum atomic E-state index is 12.4. The smallest absolute Gasteiger partial charge is 0.234 e. The first-order valence-corrected chi connectivity index (χ1v) is 12.1. The normalized spacial score (nSPS) is 10.9. The van der Waals surface area contributed by atoms with Crippen molar-refractivity contribution in [1.82, 2.24) is 14.8 Å². The van der Waals surface area contributed by atoms with E-state index in [0.717, 1.165) is 36.1 Å². The average molecular weight is 469 g/mol. The molecule has 0 radical (unpaired) electrons. The standard InChI is InChI=1S/C23H21ClN4OS2/c24-18-8-10-19(11-9-18)25-22(29)16-31-23-27-26-21(15-20-7-4-14-30-20)28(23)13-12-17-5-2-1-3-6-17/h1-11,14H,12-13,15-16H2,(H,25,29). The summed E-state index contributed by atoms with van der Waals surface area (Å²) in [5, 5.41) is 15.2. The first-order valence-electron chi connectivity index (χ1n) is 9.84. The van der Waals surface area contributed by atoms with Gasteiger partial charge in [0.1, 0.15) is 5.82 Å². The minimum atomic E-state index is -0.0928. The Bertz CT molecular complexity index is 1110. The summed E-state index contributed by atoms with van der Waals surface area (Å²) in [4.78, 5) is 13.6. The maximum Gasteiger partial charge on any atom is 0.234 e. The average Bonchev–Trinajstić information content (AvgIpc) is 3.43. The van der Waals surface area contributed by atoms with Crippen LogP contribution in [-0.4, -0.2) is 26.4 Å². The fourth-order valence-electron chi connectivity index (χ4n) is 3.10. The molecule has 158 valence electrons. The summed E-state index contributed by atoms with van der Waals surface area (Å²) in [6, 6.07) is 21.6. The molecule has 2 aromatic heterocycles. The molecule has 1 N–H and O–H groups in total. The molecule has 0 aliphatic carbocycles. The molecule has 2 heterocycles. The number of aryl methyl sites for hydroxylation is 1. The van der Waals surface area contributed by atoms with Gasteiger partial charge in [0, 0.05) is 28.6 Å². The van der Waals surface area contributed by atoms with Gasteiger partial charge in [-0.25, -0.2) is 0 Å². The van der Waals surface area contributed by atoms with E-state index >= 15 is 0 Å². The van der Waals surface area contributed by atoms with Gasteiger partial charge in [0.05, 0.1) is 5.75 Å². The molecule has 4 rings (SSSR count). The van der Waals surface area contributed by atoms with Crippen LogP contribution in [0.5, 0.6) is 0 Å². The summed E-state index contributed by atoms with van der Waals surface area (Å²) < 4.78 is 2.13. The van der Waals surface area contributed by atoms with Crippen molar-refractivity contribution >= 4 is 46.3 Å². The lowest BCUT2D eigenvalue weighted by Crippen LogP contribution is -2.15. The zero-order valence-electron chi connectivity index (χ0n) is 16.7. The number of nitrogens with zero attached hydrogens (tertiary/aromatic N) is 3. The molecule has 0 unspecified atom stereocenters. The Labute approximate surface area is 194 Å². The lowest BCUT2D eigenvalue weighted by Gasteiger charge is -2.10. The number of carbonyl (C=O) groups excluding carboxylic acids is 1. The van der Waals surface area contributed by atoms with Crippen molar-refractivity contribution in [2.75, 3.05) is 11.1 Å². The van der Waals surface area contributed by atoms with Crippen LogP contribution in [0.1, 0.15) is 16.3 Å². The molecule has 0 spiro atoms. The van der Waals surface area contributed by atoms with Crippen LogP contribution in [0, 0.1) is 0 Å². The predicted molar refractivity (Wildman–Crippen MR) is 128 cm³/mol. The van der Waals surface area contributed by atoms with E-state index in [1.807, 2.05) is 24.3 Å². The number of benzene rings is 2. The lowest BCUT2D eigenvalue weighted by atomic mass is 10.1. The number of nitrogens with one attached hydrogen (secondary N) is 1. The van der Waals surface area contributed by atoms with Crippen molar-refractivity contribution in [3.05, 3.63) is 93.4 Å². The van der Waals surface area contributed by atoms with E-state index in [-0.39, 0.29) is 11.7 Å². The van der Waals surface area contributed by atoms with Crippen LogP contribution >= 0.6 is 34.7 Å². The van der Waals surface area contributed by atoms with Gasteiger partial charge in [-0.15, -0.1) is 21.5 Å². The number of aromatic nitrogens is 3. The second-order valence-electron chi connectivity index (χ2n) is 6.89. The highest BCUT2D eigenvalue weighted by Crippen LogP contribution is 2.22. The minimum Gasteiger partial charge on any atom is -0.325 e. The number of rotatable bonds is 9. The molecular formula is C23H21ClN4OS2. The number of amides is 1. The second-order valence-corrected chi connectivity index (χ2v) is 9.30. The SMILES string of the molecule is O=C(CSc1nnc(Cc2cccs2)n1CCc1ccccc1)Nc1ccc(Cl)cc1. The van der Waals surface area contributed by atoms with E-state index in [9.17, 15) is 4.79 Å². The van der Waals surface area contributed by atoms with Crippen LogP contribution in [0.15, 0.2) is 77.3 Å². The van der Waals surface area contributed by atoms with E-state index in [1.165, 1.54) is 22.2 Å². The van der Waals surface area contributed by atoms with Crippen LogP contribution in [0.3, 0.4) is 0 Å². The third-order valence-electron chi connectivity index (χ3n) is 4.63. The fraction of sp³-hybridized carbons (Fsp3) is 0.174.